The van der Waals surface area contributed by atoms with Gasteiger partial charge in [0.2, 0.25) is 5.91 Å². The first-order valence-electron chi connectivity index (χ1n) is 10.5. The number of nitrogens with zero attached hydrogens (tertiary/aromatic N) is 6. The molecule has 10 nitrogen and oxygen atoms in total. The zero-order chi connectivity index (χ0) is 23.7. The number of ether oxygens (including phenoxy) is 1. The van der Waals surface area contributed by atoms with E-state index in [4.69, 9.17) is 16.3 Å². The average Bonchev–Trinajstić information content (AvgIpc) is 3.59. The Morgan fingerprint density at radius 2 is 2.06 bits per heavy atom. The third-order valence-electron chi connectivity index (χ3n) is 5.42. The summed E-state index contributed by atoms with van der Waals surface area (Å²) in [5, 5.41) is 12.1. The summed E-state index contributed by atoms with van der Waals surface area (Å²) < 4.78 is 8.51. The quantitative estimate of drug-likeness (QED) is 0.428. The van der Waals surface area contributed by atoms with Crippen LogP contribution in [0.3, 0.4) is 0 Å². The first-order chi connectivity index (χ1) is 16.5. The second kappa shape index (κ2) is 8.99. The lowest BCUT2D eigenvalue weighted by Gasteiger charge is -2.14. The van der Waals surface area contributed by atoms with Crippen LogP contribution in [0.15, 0.2) is 61.2 Å². The molecule has 172 valence electrons. The third kappa shape index (κ3) is 4.11. The molecular weight excluding hydrogens is 458 g/mol. The van der Waals surface area contributed by atoms with E-state index >= 15 is 0 Å². The molecule has 1 aliphatic heterocycles. The first kappa shape index (κ1) is 21.7. The number of hydrogen-bond donors (Lipinski definition) is 1. The van der Waals surface area contributed by atoms with Crippen molar-refractivity contribution in [1.82, 2.24) is 29.3 Å². The number of methoxy groups -OCH3 is 1. The van der Waals surface area contributed by atoms with Crippen LogP contribution >= 0.6 is 11.6 Å². The van der Waals surface area contributed by atoms with E-state index in [-0.39, 0.29) is 12.5 Å². The van der Waals surface area contributed by atoms with Gasteiger partial charge in [0.15, 0.2) is 5.65 Å². The summed E-state index contributed by atoms with van der Waals surface area (Å²) in [6, 6.07) is 6.85. The van der Waals surface area contributed by atoms with Gasteiger partial charge in [0.05, 0.1) is 19.0 Å². The summed E-state index contributed by atoms with van der Waals surface area (Å²) in [4.78, 5) is 31.8. The summed E-state index contributed by atoms with van der Waals surface area (Å²) >= 11 is 6.24. The lowest BCUT2D eigenvalue weighted by Crippen LogP contribution is -2.31. The fourth-order valence-corrected chi connectivity index (χ4v) is 3.93. The normalized spacial score (nSPS) is 12.9. The maximum atomic E-state index is 13.2. The van der Waals surface area contributed by atoms with Crippen LogP contribution in [0.25, 0.3) is 16.9 Å². The Kier molecular flexibility index (Phi) is 5.72. The van der Waals surface area contributed by atoms with Crippen molar-refractivity contribution in [3.8, 4) is 17.0 Å². The van der Waals surface area contributed by atoms with E-state index in [1.807, 2.05) is 12.2 Å². The molecule has 1 aliphatic rings. The lowest BCUT2D eigenvalue weighted by molar-refractivity contribution is -0.130. The molecule has 5 rings (SSSR count). The Morgan fingerprint density at radius 3 is 2.85 bits per heavy atom. The number of hydrogen-bond acceptors (Lipinski definition) is 6. The zero-order valence-electron chi connectivity index (χ0n) is 18.2. The number of benzene rings is 1. The van der Waals surface area contributed by atoms with Gasteiger partial charge in [-0.05, 0) is 24.3 Å². The molecular formula is C23H20ClN7O3. The van der Waals surface area contributed by atoms with Crippen molar-refractivity contribution < 1.29 is 14.3 Å². The van der Waals surface area contributed by atoms with Crippen molar-refractivity contribution >= 4 is 34.7 Å². The predicted octanol–water partition coefficient (Wildman–Crippen LogP) is 2.91. The van der Waals surface area contributed by atoms with E-state index in [1.54, 1.807) is 47.8 Å². The van der Waals surface area contributed by atoms with Gasteiger partial charge in [0.1, 0.15) is 23.6 Å². The number of nitrogens with one attached hydrogen (secondary N) is 1. The van der Waals surface area contributed by atoms with Gasteiger partial charge in [-0.3, -0.25) is 14.3 Å². The first-order valence-corrected chi connectivity index (χ1v) is 10.8. The van der Waals surface area contributed by atoms with Gasteiger partial charge < -0.3 is 15.0 Å². The number of aromatic nitrogens is 5. The number of rotatable bonds is 6. The molecule has 1 N–H and O–H groups in total. The van der Waals surface area contributed by atoms with Gasteiger partial charge in [-0.2, -0.15) is 10.2 Å². The van der Waals surface area contributed by atoms with Crippen LogP contribution in [0.1, 0.15) is 10.4 Å². The highest BCUT2D eigenvalue weighted by Gasteiger charge is 2.22. The highest BCUT2D eigenvalue weighted by molar-refractivity contribution is 6.31. The van der Waals surface area contributed by atoms with E-state index in [0.717, 1.165) is 0 Å². The fraction of sp³-hybridized carbons (Fsp3) is 0.174. The van der Waals surface area contributed by atoms with Crippen LogP contribution in [0.5, 0.6) is 5.75 Å². The molecule has 2 amide bonds. The fourth-order valence-electron chi connectivity index (χ4n) is 3.76. The maximum Gasteiger partial charge on any atom is 0.261 e. The Balaban J connectivity index is 1.51. The Bertz CT molecular complexity index is 1420. The van der Waals surface area contributed by atoms with Crippen molar-refractivity contribution in [2.45, 2.75) is 6.54 Å². The van der Waals surface area contributed by atoms with Gasteiger partial charge in [0, 0.05) is 42.3 Å². The molecule has 4 heterocycles. The second-order valence-electron chi connectivity index (χ2n) is 7.60. The molecule has 0 aliphatic carbocycles. The molecule has 0 fully saturated rings. The van der Waals surface area contributed by atoms with Crippen LogP contribution in [0.2, 0.25) is 5.02 Å². The Hall–Kier alpha value is -4.18. The van der Waals surface area contributed by atoms with Crippen LogP contribution in [0.4, 0.5) is 5.69 Å². The smallest absolute Gasteiger partial charge is 0.261 e. The van der Waals surface area contributed by atoms with Gasteiger partial charge >= 0.3 is 0 Å². The molecule has 0 spiro atoms. The van der Waals surface area contributed by atoms with Crippen molar-refractivity contribution in [3.05, 3.63) is 71.8 Å². The van der Waals surface area contributed by atoms with Gasteiger partial charge in [-0.15, -0.1) is 0 Å². The summed E-state index contributed by atoms with van der Waals surface area (Å²) in [6.45, 7) is 1.16. The second-order valence-corrected chi connectivity index (χ2v) is 8.04. The molecule has 11 heteroatoms. The molecule has 0 atom stereocenters. The minimum atomic E-state index is -0.412. The number of carbonyl (C=O) groups is 2. The summed E-state index contributed by atoms with van der Waals surface area (Å²) in [7, 11) is 1.54. The zero-order valence-corrected chi connectivity index (χ0v) is 18.9. The van der Waals surface area contributed by atoms with Crippen LogP contribution in [0, 0.1) is 0 Å². The van der Waals surface area contributed by atoms with E-state index in [9.17, 15) is 9.59 Å². The number of fused-ring (bicyclic) bond motifs is 1. The van der Waals surface area contributed by atoms with Crippen LogP contribution < -0.4 is 10.1 Å². The van der Waals surface area contributed by atoms with E-state index < -0.39 is 5.91 Å². The highest BCUT2D eigenvalue weighted by atomic mass is 35.5. The highest BCUT2D eigenvalue weighted by Crippen LogP contribution is 2.36. The number of amides is 2. The minimum absolute atomic E-state index is 0.0195. The largest absolute Gasteiger partial charge is 0.496 e. The lowest BCUT2D eigenvalue weighted by atomic mass is 10.1. The van der Waals surface area contributed by atoms with Gasteiger partial charge in [-0.1, -0.05) is 23.8 Å². The number of anilines is 1. The standard InChI is InChI=1S/C23H20ClN7O3/c1-34-19-6-5-15(24)11-16(19)21-18(13-30(28-21)14-20(32)29-8-2-3-9-29)27-23(33)17-12-26-31-10-4-7-25-22(17)31/h2-7,10-13H,8-9,14H2,1H3,(H,27,33). The molecule has 0 radical (unpaired) electrons. The topological polar surface area (TPSA) is 107 Å². The Labute approximate surface area is 199 Å². The number of halogens is 1. The SMILES string of the molecule is COc1ccc(Cl)cc1-c1nn(CC(=O)N2CC=CC2)cc1NC(=O)c1cnn2cccnc12. The van der Waals surface area contributed by atoms with Crippen molar-refractivity contribution in [2.75, 3.05) is 25.5 Å². The summed E-state index contributed by atoms with van der Waals surface area (Å²) in [5.41, 5.74) is 2.12. The third-order valence-corrected chi connectivity index (χ3v) is 5.65. The Morgan fingerprint density at radius 1 is 1.24 bits per heavy atom. The van der Waals surface area contributed by atoms with Gasteiger partial charge in [0.25, 0.3) is 5.91 Å². The van der Waals surface area contributed by atoms with Gasteiger partial charge in [-0.25, -0.2) is 9.50 Å². The average molecular weight is 478 g/mol. The van der Waals surface area contributed by atoms with Crippen LogP contribution in [-0.2, 0) is 11.3 Å². The molecule has 0 saturated carbocycles. The minimum Gasteiger partial charge on any atom is -0.496 e. The summed E-state index contributed by atoms with van der Waals surface area (Å²) in [5.74, 6) is 0.0326. The van der Waals surface area contributed by atoms with Crippen molar-refractivity contribution in [1.29, 1.82) is 0 Å². The molecule has 0 bridgehead atoms. The maximum absolute atomic E-state index is 13.2. The van der Waals surface area contributed by atoms with E-state index in [2.05, 4.69) is 20.5 Å². The van der Waals surface area contributed by atoms with Crippen molar-refractivity contribution in [2.24, 2.45) is 0 Å². The number of carbonyl (C=O) groups excluding carboxylic acids is 2. The summed E-state index contributed by atoms with van der Waals surface area (Å²) in [6.07, 6.45) is 10.3. The molecule has 4 aromatic rings. The molecule has 0 unspecified atom stereocenters. The van der Waals surface area contributed by atoms with E-state index in [0.29, 0.717) is 52.0 Å². The predicted molar refractivity (Wildman–Crippen MR) is 126 cm³/mol. The van der Waals surface area contributed by atoms with Crippen molar-refractivity contribution in [3.63, 3.8) is 0 Å². The molecule has 3 aromatic heterocycles. The van der Waals surface area contributed by atoms with E-state index in [1.165, 1.54) is 22.5 Å². The monoisotopic (exact) mass is 477 g/mol. The van der Waals surface area contributed by atoms with Crippen LogP contribution in [-0.4, -0.2) is 61.3 Å². The molecule has 0 saturated heterocycles. The molecule has 1 aromatic carbocycles. The molecule has 34 heavy (non-hydrogen) atoms.